The number of nitrogens with zero attached hydrogens (tertiary/aromatic N) is 1. The van der Waals surface area contributed by atoms with E-state index < -0.39 is 0 Å². The fourth-order valence-corrected chi connectivity index (χ4v) is 0.496. The molecule has 1 aromatic heterocycles. The van der Waals surface area contributed by atoms with Crippen LogP contribution >= 0.6 is 0 Å². The summed E-state index contributed by atoms with van der Waals surface area (Å²) in [6.07, 6.45) is 0. The molecule has 0 aromatic carbocycles. The lowest BCUT2D eigenvalue weighted by Gasteiger charge is -1.91. The van der Waals surface area contributed by atoms with Gasteiger partial charge in [-0.2, -0.15) is 0 Å². The highest BCUT2D eigenvalue weighted by molar-refractivity contribution is 6.30. The van der Waals surface area contributed by atoms with Crippen molar-refractivity contribution >= 4 is 19.4 Å². The number of hydrogen-bond acceptors (Lipinski definition) is 3. The van der Waals surface area contributed by atoms with E-state index in [-0.39, 0.29) is 17.1 Å². The predicted molar refractivity (Wildman–Crippen MR) is 34.7 cm³/mol. The summed E-state index contributed by atoms with van der Waals surface area (Å²) >= 11 is 0. The fourth-order valence-electron chi connectivity index (χ4n) is 0.496. The van der Waals surface area contributed by atoms with Gasteiger partial charge in [-0.05, 0) is 5.59 Å². The maximum atomic E-state index is 10.5. The molecule has 44 valence electrons. The zero-order valence-corrected chi connectivity index (χ0v) is 4.59. The molecular weight excluding hydrogens is 117 g/mol. The Morgan fingerprint density at radius 3 is 2.89 bits per heavy atom. The van der Waals surface area contributed by atoms with Crippen LogP contribution in [0.15, 0.2) is 10.9 Å². The largest absolute Gasteiger partial charge is 0.369 e. The van der Waals surface area contributed by atoms with Gasteiger partial charge in [-0.15, -0.1) is 0 Å². The molecule has 1 aromatic rings. The van der Waals surface area contributed by atoms with Gasteiger partial charge in [-0.1, -0.05) is 0 Å². The second kappa shape index (κ2) is 1.93. The molecule has 5 heteroatoms. The van der Waals surface area contributed by atoms with Crippen molar-refractivity contribution in [2.75, 3.05) is 5.73 Å². The molecular formula is C4H4BN3O. The summed E-state index contributed by atoms with van der Waals surface area (Å²) in [5.74, 6) is 0.0417. The van der Waals surface area contributed by atoms with Crippen molar-refractivity contribution in [3.05, 3.63) is 16.4 Å². The van der Waals surface area contributed by atoms with E-state index in [2.05, 4.69) is 9.97 Å². The number of H-pyrrole nitrogens is 1. The summed E-state index contributed by atoms with van der Waals surface area (Å²) in [5, 5.41) is 0. The molecule has 0 aliphatic rings. The SMILES string of the molecule is [B]c1cc(=O)[nH]c(N)n1. The van der Waals surface area contributed by atoms with Gasteiger partial charge in [0.2, 0.25) is 0 Å². The summed E-state index contributed by atoms with van der Waals surface area (Å²) in [6.45, 7) is 0. The third-order valence-corrected chi connectivity index (χ3v) is 0.780. The number of nitrogen functional groups attached to an aromatic ring is 1. The van der Waals surface area contributed by atoms with E-state index in [1.54, 1.807) is 0 Å². The maximum Gasteiger partial charge on any atom is 0.251 e. The Balaban J connectivity index is 3.33. The van der Waals surface area contributed by atoms with Crippen molar-refractivity contribution in [3.63, 3.8) is 0 Å². The summed E-state index contributed by atoms with van der Waals surface area (Å²) in [7, 11) is 5.15. The number of anilines is 1. The van der Waals surface area contributed by atoms with E-state index in [1.807, 2.05) is 0 Å². The minimum Gasteiger partial charge on any atom is -0.369 e. The molecule has 0 bridgehead atoms. The minimum absolute atomic E-state index is 0.0417. The lowest BCUT2D eigenvalue weighted by molar-refractivity contribution is 1.16. The van der Waals surface area contributed by atoms with Crippen molar-refractivity contribution < 1.29 is 0 Å². The van der Waals surface area contributed by atoms with Crippen LogP contribution in [0.4, 0.5) is 5.95 Å². The van der Waals surface area contributed by atoms with Crippen LogP contribution in [0.5, 0.6) is 0 Å². The number of nitrogens with one attached hydrogen (secondary N) is 1. The van der Waals surface area contributed by atoms with Crippen LogP contribution in [0.2, 0.25) is 0 Å². The number of aromatic amines is 1. The Bertz CT molecular complexity index is 246. The molecule has 0 unspecified atom stereocenters. The van der Waals surface area contributed by atoms with Gasteiger partial charge in [0.15, 0.2) is 5.95 Å². The molecule has 1 rings (SSSR count). The van der Waals surface area contributed by atoms with Gasteiger partial charge in [0.25, 0.3) is 5.56 Å². The van der Waals surface area contributed by atoms with E-state index in [9.17, 15) is 4.79 Å². The molecule has 0 fully saturated rings. The summed E-state index contributed by atoms with van der Waals surface area (Å²) < 4.78 is 0. The molecule has 0 aliphatic heterocycles. The first-order valence-corrected chi connectivity index (χ1v) is 2.31. The molecule has 0 saturated carbocycles. The molecule has 1 heterocycles. The molecule has 0 amide bonds. The molecule has 4 nitrogen and oxygen atoms in total. The fraction of sp³-hybridized carbons (Fsp3) is 0. The van der Waals surface area contributed by atoms with E-state index in [1.165, 1.54) is 0 Å². The van der Waals surface area contributed by atoms with Gasteiger partial charge in [0.1, 0.15) is 7.85 Å². The topological polar surface area (TPSA) is 71.8 Å². The lowest BCUT2D eigenvalue weighted by Crippen LogP contribution is -2.20. The Morgan fingerprint density at radius 1 is 1.78 bits per heavy atom. The molecule has 3 N–H and O–H groups in total. The molecule has 0 spiro atoms. The van der Waals surface area contributed by atoms with Crippen molar-refractivity contribution in [2.24, 2.45) is 0 Å². The average molecular weight is 121 g/mol. The van der Waals surface area contributed by atoms with Crippen LogP contribution in [0.3, 0.4) is 0 Å². The van der Waals surface area contributed by atoms with E-state index in [4.69, 9.17) is 13.6 Å². The van der Waals surface area contributed by atoms with Crippen molar-refractivity contribution in [1.29, 1.82) is 0 Å². The van der Waals surface area contributed by atoms with E-state index in [0.717, 1.165) is 6.07 Å². The van der Waals surface area contributed by atoms with Crippen LogP contribution in [-0.2, 0) is 0 Å². The zero-order valence-electron chi connectivity index (χ0n) is 4.59. The third kappa shape index (κ3) is 1.32. The van der Waals surface area contributed by atoms with Gasteiger partial charge in [-0.25, -0.2) is 4.98 Å². The van der Waals surface area contributed by atoms with Crippen LogP contribution in [0.1, 0.15) is 0 Å². The molecule has 9 heavy (non-hydrogen) atoms. The van der Waals surface area contributed by atoms with Crippen LogP contribution < -0.4 is 16.9 Å². The standard InChI is InChI=1S/C4H4BN3O/c5-2-1-3(9)8-4(6)7-2/h1H,(H3,6,7,8,9). The van der Waals surface area contributed by atoms with Gasteiger partial charge >= 0.3 is 0 Å². The highest BCUT2D eigenvalue weighted by Gasteiger charge is 1.88. The third-order valence-electron chi connectivity index (χ3n) is 0.780. The first kappa shape index (κ1) is 5.87. The van der Waals surface area contributed by atoms with Gasteiger partial charge in [0, 0.05) is 6.07 Å². The second-order valence-corrected chi connectivity index (χ2v) is 1.56. The monoisotopic (exact) mass is 121 g/mol. The summed E-state index contributed by atoms with van der Waals surface area (Å²) in [6, 6.07) is 1.16. The van der Waals surface area contributed by atoms with Gasteiger partial charge in [-0.3, -0.25) is 9.78 Å². The maximum absolute atomic E-state index is 10.5. The zero-order chi connectivity index (χ0) is 6.85. The van der Waals surface area contributed by atoms with Crippen LogP contribution in [0.25, 0.3) is 0 Å². The van der Waals surface area contributed by atoms with Crippen molar-refractivity contribution in [1.82, 2.24) is 9.97 Å². The number of nitrogens with two attached hydrogens (primary N) is 1. The molecule has 0 aliphatic carbocycles. The lowest BCUT2D eigenvalue weighted by atomic mass is 10.1. The van der Waals surface area contributed by atoms with Gasteiger partial charge in [0.05, 0.1) is 0 Å². The molecule has 0 saturated heterocycles. The Hall–Kier alpha value is -1.26. The molecule has 0 atom stereocenters. The Morgan fingerprint density at radius 2 is 2.44 bits per heavy atom. The van der Waals surface area contributed by atoms with Crippen molar-refractivity contribution in [3.8, 4) is 0 Å². The Labute approximate surface area is 52.5 Å². The highest BCUT2D eigenvalue weighted by atomic mass is 16.1. The quantitative estimate of drug-likeness (QED) is 0.395. The normalized spacial score (nSPS) is 9.33. The first-order valence-electron chi connectivity index (χ1n) is 2.31. The van der Waals surface area contributed by atoms with Crippen molar-refractivity contribution in [2.45, 2.75) is 0 Å². The van der Waals surface area contributed by atoms with Gasteiger partial charge < -0.3 is 5.73 Å². The molecule has 2 radical (unpaired) electrons. The minimum atomic E-state index is -0.333. The summed E-state index contributed by atoms with van der Waals surface area (Å²) in [5.41, 5.74) is 4.91. The first-order chi connectivity index (χ1) is 4.18. The Kier molecular flexibility index (Phi) is 1.26. The smallest absolute Gasteiger partial charge is 0.251 e. The average Bonchev–Trinajstić information content (AvgIpc) is 1.59. The number of aromatic nitrogens is 2. The summed E-state index contributed by atoms with van der Waals surface area (Å²) in [4.78, 5) is 16.2. The van der Waals surface area contributed by atoms with E-state index >= 15 is 0 Å². The van der Waals surface area contributed by atoms with Crippen LogP contribution in [0, 0.1) is 0 Å². The number of rotatable bonds is 0. The number of hydrogen-bond donors (Lipinski definition) is 2. The van der Waals surface area contributed by atoms with E-state index in [0.29, 0.717) is 0 Å². The highest BCUT2D eigenvalue weighted by Crippen LogP contribution is 1.74. The van der Waals surface area contributed by atoms with Crippen LogP contribution in [-0.4, -0.2) is 17.8 Å². The second-order valence-electron chi connectivity index (χ2n) is 1.56. The predicted octanol–water partition coefficient (Wildman–Crippen LogP) is -1.85.